The first-order chi connectivity index (χ1) is 11.8. The first-order valence-corrected chi connectivity index (χ1v) is 9.35. The Labute approximate surface area is 151 Å². The Morgan fingerprint density at radius 3 is 2.96 bits per heavy atom. The summed E-state index contributed by atoms with van der Waals surface area (Å²) in [6.45, 7) is 12.4. The van der Waals surface area contributed by atoms with Gasteiger partial charge in [0, 0.05) is 30.9 Å². The maximum Gasteiger partial charge on any atom is 0.410 e. The van der Waals surface area contributed by atoms with E-state index in [9.17, 15) is 4.79 Å². The van der Waals surface area contributed by atoms with E-state index < -0.39 is 5.60 Å². The molecule has 1 aromatic carbocycles. The number of likely N-dealkylation sites (tertiary alicyclic amines) is 1. The molecule has 1 unspecified atom stereocenters. The lowest BCUT2D eigenvalue weighted by Crippen LogP contribution is -2.42. The molecule has 2 heterocycles. The molecule has 1 saturated heterocycles. The van der Waals surface area contributed by atoms with Gasteiger partial charge in [0.25, 0.3) is 0 Å². The Kier molecular flexibility index (Phi) is 5.07. The van der Waals surface area contributed by atoms with Crippen LogP contribution in [0.25, 0.3) is 5.70 Å². The van der Waals surface area contributed by atoms with Gasteiger partial charge in [-0.25, -0.2) is 4.79 Å². The first kappa shape index (κ1) is 17.8. The largest absolute Gasteiger partial charge is 0.444 e. The van der Waals surface area contributed by atoms with Gasteiger partial charge in [-0.2, -0.15) is 0 Å². The van der Waals surface area contributed by atoms with Gasteiger partial charge in [-0.3, -0.25) is 0 Å². The van der Waals surface area contributed by atoms with Gasteiger partial charge in [0.2, 0.25) is 0 Å². The molecule has 0 aromatic heterocycles. The van der Waals surface area contributed by atoms with Crippen LogP contribution in [0.1, 0.15) is 56.7 Å². The number of amides is 1. The molecule has 1 atom stereocenters. The Morgan fingerprint density at radius 2 is 2.20 bits per heavy atom. The quantitative estimate of drug-likeness (QED) is 0.888. The minimum Gasteiger partial charge on any atom is -0.444 e. The monoisotopic (exact) mass is 342 g/mol. The molecule has 4 heteroatoms. The standard InChI is InChI=1S/C21H30N2O2/c1-15-19-12-16(9-10-18(19)13-22-15)7-8-17-6-5-11-23(14-17)20(24)25-21(2,3)4/h9-10,12,17,22H,1,5-8,11,13-14H2,2-4H3. The fourth-order valence-corrected chi connectivity index (χ4v) is 3.68. The molecular formula is C21H30N2O2. The highest BCUT2D eigenvalue weighted by atomic mass is 16.6. The van der Waals surface area contributed by atoms with Crippen molar-refractivity contribution in [2.45, 2.75) is 58.6 Å². The SMILES string of the molecule is C=C1NCc2ccc(CCC3CCCN(C(=O)OC(C)(C)C)C3)cc21. The molecule has 2 aliphatic rings. The number of ether oxygens (including phenoxy) is 1. The van der Waals surface area contributed by atoms with Crippen molar-refractivity contribution in [3.8, 4) is 0 Å². The fourth-order valence-electron chi connectivity index (χ4n) is 3.68. The number of nitrogens with zero attached hydrogens (tertiary/aromatic N) is 1. The summed E-state index contributed by atoms with van der Waals surface area (Å²) in [7, 11) is 0. The number of carbonyl (C=O) groups is 1. The van der Waals surface area contributed by atoms with Gasteiger partial charge < -0.3 is 15.0 Å². The van der Waals surface area contributed by atoms with Gasteiger partial charge in [-0.15, -0.1) is 0 Å². The zero-order valence-corrected chi connectivity index (χ0v) is 15.7. The second-order valence-corrected chi connectivity index (χ2v) is 8.30. The highest BCUT2D eigenvalue weighted by molar-refractivity contribution is 5.69. The summed E-state index contributed by atoms with van der Waals surface area (Å²) in [6.07, 6.45) is 4.25. The van der Waals surface area contributed by atoms with Crippen LogP contribution in [0.3, 0.4) is 0 Å². The molecule has 0 bridgehead atoms. The molecule has 0 aliphatic carbocycles. The van der Waals surface area contributed by atoms with Crippen LogP contribution in [-0.2, 0) is 17.7 Å². The summed E-state index contributed by atoms with van der Waals surface area (Å²) in [5.74, 6) is 0.552. The molecule has 1 aromatic rings. The number of hydrogen-bond acceptors (Lipinski definition) is 3. The van der Waals surface area contributed by atoms with Crippen LogP contribution in [0.4, 0.5) is 4.79 Å². The van der Waals surface area contributed by atoms with Crippen molar-refractivity contribution in [2.24, 2.45) is 5.92 Å². The zero-order chi connectivity index (χ0) is 18.0. The molecule has 3 rings (SSSR count). The van der Waals surface area contributed by atoms with Gasteiger partial charge in [0.15, 0.2) is 0 Å². The molecule has 0 saturated carbocycles. The number of nitrogens with one attached hydrogen (secondary N) is 1. The van der Waals surface area contributed by atoms with E-state index in [1.807, 2.05) is 25.7 Å². The van der Waals surface area contributed by atoms with Crippen LogP contribution < -0.4 is 5.32 Å². The van der Waals surface area contributed by atoms with Gasteiger partial charge in [0.1, 0.15) is 5.60 Å². The normalized spacial score (nSPS) is 20.2. The summed E-state index contributed by atoms with van der Waals surface area (Å²) in [5.41, 5.74) is 4.56. The third-order valence-electron chi connectivity index (χ3n) is 5.00. The van der Waals surface area contributed by atoms with Crippen molar-refractivity contribution >= 4 is 11.8 Å². The Hall–Kier alpha value is -1.97. The van der Waals surface area contributed by atoms with E-state index in [4.69, 9.17) is 4.74 Å². The molecule has 1 amide bonds. The van der Waals surface area contributed by atoms with Crippen molar-refractivity contribution < 1.29 is 9.53 Å². The average Bonchev–Trinajstić information content (AvgIpc) is 2.92. The number of carbonyl (C=O) groups excluding carboxylic acids is 1. The van der Waals surface area contributed by atoms with Gasteiger partial charge >= 0.3 is 6.09 Å². The second kappa shape index (κ2) is 7.11. The van der Waals surface area contributed by atoms with Gasteiger partial charge in [-0.1, -0.05) is 18.7 Å². The van der Waals surface area contributed by atoms with Crippen molar-refractivity contribution in [2.75, 3.05) is 13.1 Å². The molecule has 0 radical (unpaired) electrons. The average molecular weight is 342 g/mol. The van der Waals surface area contributed by atoms with E-state index in [0.717, 1.165) is 44.6 Å². The lowest BCUT2D eigenvalue weighted by atomic mass is 9.91. The lowest BCUT2D eigenvalue weighted by Gasteiger charge is -2.34. The first-order valence-electron chi connectivity index (χ1n) is 9.35. The van der Waals surface area contributed by atoms with E-state index in [0.29, 0.717) is 5.92 Å². The summed E-state index contributed by atoms with van der Waals surface area (Å²) in [4.78, 5) is 14.2. The third-order valence-corrected chi connectivity index (χ3v) is 5.00. The molecule has 4 nitrogen and oxygen atoms in total. The van der Waals surface area contributed by atoms with E-state index in [-0.39, 0.29) is 6.09 Å². The highest BCUT2D eigenvalue weighted by Crippen LogP contribution is 2.27. The smallest absolute Gasteiger partial charge is 0.410 e. The van der Waals surface area contributed by atoms with Crippen LogP contribution in [0.5, 0.6) is 0 Å². The molecule has 136 valence electrons. The number of aryl methyl sites for hydroxylation is 1. The highest BCUT2D eigenvalue weighted by Gasteiger charge is 2.27. The number of benzene rings is 1. The molecule has 2 aliphatic heterocycles. The van der Waals surface area contributed by atoms with Crippen molar-refractivity contribution in [3.05, 3.63) is 41.5 Å². The van der Waals surface area contributed by atoms with Gasteiger partial charge in [0.05, 0.1) is 0 Å². The Morgan fingerprint density at radius 1 is 1.40 bits per heavy atom. The molecular weight excluding hydrogens is 312 g/mol. The lowest BCUT2D eigenvalue weighted by molar-refractivity contribution is 0.0162. The van der Waals surface area contributed by atoms with E-state index in [1.165, 1.54) is 23.1 Å². The van der Waals surface area contributed by atoms with Crippen LogP contribution >= 0.6 is 0 Å². The van der Waals surface area contributed by atoms with Crippen LogP contribution in [0.15, 0.2) is 24.8 Å². The van der Waals surface area contributed by atoms with Crippen LogP contribution in [-0.4, -0.2) is 29.7 Å². The minimum atomic E-state index is -0.426. The van der Waals surface area contributed by atoms with Crippen molar-refractivity contribution in [1.29, 1.82) is 0 Å². The number of hydrogen-bond donors (Lipinski definition) is 1. The predicted octanol–water partition coefficient (Wildman–Crippen LogP) is 4.34. The zero-order valence-electron chi connectivity index (χ0n) is 15.7. The summed E-state index contributed by atoms with van der Waals surface area (Å²) >= 11 is 0. The van der Waals surface area contributed by atoms with E-state index in [2.05, 4.69) is 30.1 Å². The maximum atomic E-state index is 12.3. The molecule has 25 heavy (non-hydrogen) atoms. The second-order valence-electron chi connectivity index (χ2n) is 8.30. The Balaban J connectivity index is 1.54. The van der Waals surface area contributed by atoms with E-state index >= 15 is 0 Å². The van der Waals surface area contributed by atoms with Crippen molar-refractivity contribution in [1.82, 2.24) is 10.2 Å². The summed E-state index contributed by atoms with van der Waals surface area (Å²) in [5, 5.41) is 3.30. The van der Waals surface area contributed by atoms with Crippen LogP contribution in [0, 0.1) is 5.92 Å². The number of piperidine rings is 1. The topological polar surface area (TPSA) is 41.6 Å². The molecule has 1 fully saturated rings. The Bertz CT molecular complexity index is 660. The summed E-state index contributed by atoms with van der Waals surface area (Å²) < 4.78 is 5.52. The molecule has 0 spiro atoms. The fraction of sp³-hybridized carbons (Fsp3) is 0.571. The number of rotatable bonds is 3. The third kappa shape index (κ3) is 4.56. The number of fused-ring (bicyclic) bond motifs is 1. The maximum absolute atomic E-state index is 12.3. The van der Waals surface area contributed by atoms with Crippen molar-refractivity contribution in [3.63, 3.8) is 0 Å². The minimum absolute atomic E-state index is 0.169. The summed E-state index contributed by atoms with van der Waals surface area (Å²) in [6, 6.07) is 6.71. The van der Waals surface area contributed by atoms with Crippen LogP contribution in [0.2, 0.25) is 0 Å². The van der Waals surface area contributed by atoms with E-state index in [1.54, 1.807) is 0 Å². The molecule has 1 N–H and O–H groups in total. The van der Waals surface area contributed by atoms with Gasteiger partial charge in [-0.05, 0) is 69.6 Å². The predicted molar refractivity (Wildman–Crippen MR) is 101 cm³/mol.